The summed E-state index contributed by atoms with van der Waals surface area (Å²) in [6.07, 6.45) is 2.40. The number of nitrogen functional groups attached to an aromatic ring is 1. The monoisotopic (exact) mass is 309 g/mol. The van der Waals surface area contributed by atoms with Gasteiger partial charge in [-0.25, -0.2) is 9.97 Å². The standard InChI is InChI=1S/C12H15N5OS2/c1-2-14-11-16-9(13)8(20-11)10(18)17-12-15-7(5-19-12)6-3-4-6/h5-6H,2-4,13H2,1H3,(H,14,16)(H,15,17,18). The molecular weight excluding hydrogens is 294 g/mol. The topological polar surface area (TPSA) is 92.9 Å². The molecule has 0 spiro atoms. The molecule has 2 aromatic heterocycles. The summed E-state index contributed by atoms with van der Waals surface area (Å²) in [5.74, 6) is 0.592. The van der Waals surface area contributed by atoms with E-state index in [0.29, 0.717) is 21.1 Å². The van der Waals surface area contributed by atoms with Crippen LogP contribution in [-0.4, -0.2) is 22.4 Å². The van der Waals surface area contributed by atoms with Gasteiger partial charge in [0.15, 0.2) is 10.3 Å². The fourth-order valence-electron chi connectivity index (χ4n) is 1.79. The Morgan fingerprint density at radius 2 is 2.25 bits per heavy atom. The second kappa shape index (κ2) is 5.37. The first-order chi connectivity index (χ1) is 9.67. The minimum Gasteiger partial charge on any atom is -0.382 e. The van der Waals surface area contributed by atoms with Gasteiger partial charge in [0.1, 0.15) is 10.7 Å². The van der Waals surface area contributed by atoms with Gasteiger partial charge in [-0.05, 0) is 19.8 Å². The molecule has 2 heterocycles. The van der Waals surface area contributed by atoms with Gasteiger partial charge in [-0.3, -0.25) is 10.1 Å². The number of aromatic nitrogens is 2. The van der Waals surface area contributed by atoms with Crippen LogP contribution in [0.15, 0.2) is 5.38 Å². The molecule has 0 radical (unpaired) electrons. The quantitative estimate of drug-likeness (QED) is 0.789. The van der Waals surface area contributed by atoms with Gasteiger partial charge in [0.2, 0.25) is 0 Å². The predicted octanol–water partition coefficient (Wildman–Crippen LogP) is 2.74. The summed E-state index contributed by atoms with van der Waals surface area (Å²) in [6.45, 7) is 2.71. The molecule has 1 aliphatic carbocycles. The highest BCUT2D eigenvalue weighted by molar-refractivity contribution is 7.18. The number of carbonyl (C=O) groups excluding carboxylic acids is 1. The average molecular weight is 309 g/mol. The maximum atomic E-state index is 12.2. The number of anilines is 3. The lowest BCUT2D eigenvalue weighted by Gasteiger charge is -1.98. The Hall–Kier alpha value is -1.67. The largest absolute Gasteiger partial charge is 0.382 e. The molecule has 1 amide bonds. The molecule has 8 heteroatoms. The van der Waals surface area contributed by atoms with Gasteiger partial charge in [0.05, 0.1) is 5.69 Å². The number of nitrogens with two attached hydrogens (primary N) is 1. The summed E-state index contributed by atoms with van der Waals surface area (Å²) in [4.78, 5) is 21.1. The second-order valence-electron chi connectivity index (χ2n) is 4.57. The number of hydrogen-bond acceptors (Lipinski definition) is 7. The number of nitrogens with one attached hydrogen (secondary N) is 2. The van der Waals surface area contributed by atoms with Crippen molar-refractivity contribution < 1.29 is 4.79 Å². The van der Waals surface area contributed by atoms with Crippen molar-refractivity contribution in [3.05, 3.63) is 16.0 Å². The lowest BCUT2D eigenvalue weighted by molar-refractivity contribution is 0.103. The fourth-order valence-corrected chi connectivity index (χ4v) is 3.42. The van der Waals surface area contributed by atoms with E-state index in [-0.39, 0.29) is 11.7 Å². The van der Waals surface area contributed by atoms with Crippen LogP contribution in [0.25, 0.3) is 0 Å². The lowest BCUT2D eigenvalue weighted by Crippen LogP contribution is -2.12. The molecule has 1 saturated carbocycles. The van der Waals surface area contributed by atoms with Crippen molar-refractivity contribution in [2.75, 3.05) is 22.9 Å². The third-order valence-corrected chi connectivity index (χ3v) is 4.73. The molecule has 6 nitrogen and oxygen atoms in total. The molecular formula is C12H15N5OS2. The Kier molecular flexibility index (Phi) is 3.58. The number of thiazole rings is 2. The van der Waals surface area contributed by atoms with Gasteiger partial charge in [0, 0.05) is 17.8 Å². The Balaban J connectivity index is 1.71. The molecule has 2 aromatic rings. The van der Waals surface area contributed by atoms with Gasteiger partial charge in [-0.1, -0.05) is 11.3 Å². The van der Waals surface area contributed by atoms with Crippen molar-refractivity contribution in [1.29, 1.82) is 0 Å². The van der Waals surface area contributed by atoms with Crippen LogP contribution in [-0.2, 0) is 0 Å². The highest BCUT2D eigenvalue weighted by Crippen LogP contribution is 2.41. The molecule has 0 aliphatic heterocycles. The Morgan fingerprint density at radius 1 is 1.45 bits per heavy atom. The second-order valence-corrected chi connectivity index (χ2v) is 6.43. The first-order valence-electron chi connectivity index (χ1n) is 6.44. The normalized spacial score (nSPS) is 14.2. The van der Waals surface area contributed by atoms with Gasteiger partial charge in [0.25, 0.3) is 5.91 Å². The zero-order valence-corrected chi connectivity index (χ0v) is 12.6. The average Bonchev–Trinajstić information content (AvgIpc) is 3.05. The van der Waals surface area contributed by atoms with Crippen LogP contribution in [0.3, 0.4) is 0 Å². The van der Waals surface area contributed by atoms with Crippen LogP contribution in [0.5, 0.6) is 0 Å². The van der Waals surface area contributed by atoms with E-state index in [0.717, 1.165) is 12.2 Å². The molecule has 3 rings (SSSR count). The molecule has 106 valence electrons. The van der Waals surface area contributed by atoms with E-state index in [1.54, 1.807) is 0 Å². The van der Waals surface area contributed by atoms with Crippen LogP contribution in [0.1, 0.15) is 41.0 Å². The summed E-state index contributed by atoms with van der Waals surface area (Å²) in [5.41, 5.74) is 6.85. The van der Waals surface area contributed by atoms with Crippen LogP contribution >= 0.6 is 22.7 Å². The van der Waals surface area contributed by atoms with E-state index < -0.39 is 0 Å². The zero-order valence-electron chi connectivity index (χ0n) is 11.0. The van der Waals surface area contributed by atoms with Gasteiger partial charge in [-0.15, -0.1) is 11.3 Å². The van der Waals surface area contributed by atoms with Gasteiger partial charge in [-0.2, -0.15) is 0 Å². The summed E-state index contributed by atoms with van der Waals surface area (Å²) in [5, 5.41) is 9.13. The van der Waals surface area contributed by atoms with E-state index >= 15 is 0 Å². The molecule has 0 aromatic carbocycles. The minimum atomic E-state index is -0.249. The van der Waals surface area contributed by atoms with Crippen molar-refractivity contribution in [2.24, 2.45) is 0 Å². The summed E-state index contributed by atoms with van der Waals surface area (Å²) in [6, 6.07) is 0. The van der Waals surface area contributed by atoms with Crippen molar-refractivity contribution >= 4 is 44.7 Å². The summed E-state index contributed by atoms with van der Waals surface area (Å²) in [7, 11) is 0. The minimum absolute atomic E-state index is 0.249. The van der Waals surface area contributed by atoms with E-state index in [2.05, 4.69) is 20.6 Å². The lowest BCUT2D eigenvalue weighted by atomic mass is 10.3. The van der Waals surface area contributed by atoms with E-state index in [9.17, 15) is 4.79 Å². The molecule has 20 heavy (non-hydrogen) atoms. The highest BCUT2D eigenvalue weighted by atomic mass is 32.1. The number of nitrogens with zero attached hydrogens (tertiary/aromatic N) is 2. The number of carbonyl (C=O) groups is 1. The molecule has 1 aliphatic rings. The SMILES string of the molecule is CCNc1nc(N)c(C(=O)Nc2nc(C3CC3)cs2)s1. The molecule has 4 N–H and O–H groups in total. The number of hydrogen-bond donors (Lipinski definition) is 3. The van der Waals surface area contributed by atoms with Crippen molar-refractivity contribution in [1.82, 2.24) is 9.97 Å². The van der Waals surface area contributed by atoms with E-state index in [1.165, 1.54) is 35.5 Å². The first-order valence-corrected chi connectivity index (χ1v) is 8.14. The Labute approximate surface area is 124 Å². The van der Waals surface area contributed by atoms with Crippen LogP contribution in [0, 0.1) is 0 Å². The summed E-state index contributed by atoms with van der Waals surface area (Å²) < 4.78 is 0. The highest BCUT2D eigenvalue weighted by Gasteiger charge is 2.26. The molecule has 0 atom stereocenters. The van der Waals surface area contributed by atoms with Crippen LogP contribution in [0.4, 0.5) is 16.1 Å². The van der Waals surface area contributed by atoms with E-state index in [4.69, 9.17) is 5.73 Å². The van der Waals surface area contributed by atoms with Crippen molar-refractivity contribution in [3.63, 3.8) is 0 Å². The zero-order chi connectivity index (χ0) is 14.1. The van der Waals surface area contributed by atoms with Crippen molar-refractivity contribution in [3.8, 4) is 0 Å². The number of amides is 1. The van der Waals surface area contributed by atoms with E-state index in [1.807, 2.05) is 12.3 Å². The summed E-state index contributed by atoms with van der Waals surface area (Å²) >= 11 is 2.70. The van der Waals surface area contributed by atoms with Crippen LogP contribution in [0.2, 0.25) is 0 Å². The van der Waals surface area contributed by atoms with Gasteiger partial charge < -0.3 is 11.1 Å². The third-order valence-electron chi connectivity index (χ3n) is 2.93. The molecule has 1 fully saturated rings. The van der Waals surface area contributed by atoms with Crippen molar-refractivity contribution in [2.45, 2.75) is 25.7 Å². The third kappa shape index (κ3) is 2.75. The predicted molar refractivity (Wildman–Crippen MR) is 82.7 cm³/mol. The fraction of sp³-hybridized carbons (Fsp3) is 0.417. The van der Waals surface area contributed by atoms with Gasteiger partial charge >= 0.3 is 0 Å². The first kappa shape index (κ1) is 13.3. The van der Waals surface area contributed by atoms with Crippen LogP contribution < -0.4 is 16.4 Å². The maximum absolute atomic E-state index is 12.2. The molecule has 0 bridgehead atoms. The smallest absolute Gasteiger partial charge is 0.271 e. The maximum Gasteiger partial charge on any atom is 0.271 e. The Bertz CT molecular complexity index is 632. The Morgan fingerprint density at radius 3 is 2.95 bits per heavy atom. The number of rotatable bonds is 5. The molecule has 0 saturated heterocycles. The molecule has 0 unspecified atom stereocenters.